The first kappa shape index (κ1) is 17.1. The summed E-state index contributed by atoms with van der Waals surface area (Å²) in [4.78, 5) is 26.6. The van der Waals surface area contributed by atoms with Gasteiger partial charge in [0.15, 0.2) is 5.65 Å². The summed E-state index contributed by atoms with van der Waals surface area (Å²) in [6.07, 6.45) is 0. The number of aryl methyl sites for hydroxylation is 1. The minimum atomic E-state index is -0.310. The number of H-pyrrole nitrogens is 1. The Bertz CT molecular complexity index is 1100. The monoisotopic (exact) mass is 389 g/mol. The van der Waals surface area contributed by atoms with Crippen molar-refractivity contribution >= 4 is 40.8 Å². The van der Waals surface area contributed by atoms with Gasteiger partial charge in [-0.2, -0.15) is 4.98 Å². The van der Waals surface area contributed by atoms with Crippen LogP contribution in [0.2, 0.25) is 5.02 Å². The largest absolute Gasteiger partial charge is 0.378 e. The van der Waals surface area contributed by atoms with Crippen LogP contribution in [0.1, 0.15) is 5.82 Å². The number of rotatable bonds is 2. The van der Waals surface area contributed by atoms with Crippen LogP contribution in [0.3, 0.4) is 0 Å². The second-order valence-corrected chi connectivity index (χ2v) is 6.73. The molecule has 0 amide bonds. The molecule has 0 radical (unpaired) electrons. The average molecular weight is 390 g/mol. The van der Waals surface area contributed by atoms with Gasteiger partial charge in [0, 0.05) is 13.1 Å². The molecule has 3 heterocycles. The van der Waals surface area contributed by atoms with Crippen LogP contribution in [0.25, 0.3) is 16.7 Å². The van der Waals surface area contributed by atoms with Gasteiger partial charge in [0.05, 0.1) is 23.9 Å². The van der Waals surface area contributed by atoms with Gasteiger partial charge in [-0.05, 0) is 19.1 Å². The highest BCUT2D eigenvalue weighted by Gasteiger charge is 2.18. The zero-order valence-electron chi connectivity index (χ0n) is 14.0. The minimum absolute atomic E-state index is 0.280. The molecule has 4 rings (SSSR count). The molecule has 0 bridgehead atoms. The Morgan fingerprint density at radius 2 is 1.96 bits per heavy atom. The highest BCUT2D eigenvalue weighted by molar-refractivity contribution is 7.71. The number of hydrogen-bond donors (Lipinski definition) is 1. The van der Waals surface area contributed by atoms with E-state index in [0.717, 1.165) is 0 Å². The third kappa shape index (κ3) is 2.90. The number of aromatic nitrogens is 4. The number of morpholine rings is 1. The van der Waals surface area contributed by atoms with Gasteiger partial charge in [0.25, 0.3) is 5.56 Å². The van der Waals surface area contributed by atoms with Gasteiger partial charge in [-0.15, -0.1) is 0 Å². The predicted molar refractivity (Wildman–Crippen MR) is 103 cm³/mol. The second-order valence-electron chi connectivity index (χ2n) is 5.94. The molecule has 1 N–H and O–H groups in total. The molecule has 9 heteroatoms. The van der Waals surface area contributed by atoms with E-state index in [0.29, 0.717) is 59.1 Å². The lowest BCUT2D eigenvalue weighted by Gasteiger charge is -2.27. The van der Waals surface area contributed by atoms with Gasteiger partial charge in [0.2, 0.25) is 5.95 Å². The molecule has 1 aliphatic heterocycles. The summed E-state index contributed by atoms with van der Waals surface area (Å²) in [6, 6.07) is 7.30. The normalized spacial score (nSPS) is 14.8. The summed E-state index contributed by atoms with van der Waals surface area (Å²) in [7, 11) is 0. The van der Waals surface area contributed by atoms with E-state index in [-0.39, 0.29) is 10.9 Å². The molecule has 1 fully saturated rings. The van der Waals surface area contributed by atoms with E-state index in [4.69, 9.17) is 28.6 Å². The molecule has 1 aliphatic rings. The van der Waals surface area contributed by atoms with E-state index in [9.17, 15) is 4.79 Å². The molecule has 134 valence electrons. The summed E-state index contributed by atoms with van der Waals surface area (Å²) < 4.78 is 7.38. The number of nitrogens with one attached hydrogen (secondary N) is 1. The fraction of sp³-hybridized carbons (Fsp3) is 0.294. The molecule has 1 saturated heterocycles. The van der Waals surface area contributed by atoms with Crippen molar-refractivity contribution in [3.63, 3.8) is 0 Å². The fourth-order valence-corrected chi connectivity index (χ4v) is 3.66. The number of para-hydroxylation sites is 1. The van der Waals surface area contributed by atoms with E-state index in [1.807, 2.05) is 30.0 Å². The molecule has 3 aromatic rings. The van der Waals surface area contributed by atoms with Crippen LogP contribution in [0.5, 0.6) is 0 Å². The first-order chi connectivity index (χ1) is 12.6. The van der Waals surface area contributed by atoms with Crippen LogP contribution in [0.4, 0.5) is 5.95 Å². The fourth-order valence-electron chi connectivity index (χ4n) is 3.03. The molecular formula is C17H16ClN5O2S. The molecule has 26 heavy (non-hydrogen) atoms. The van der Waals surface area contributed by atoms with Crippen LogP contribution in [0.15, 0.2) is 29.1 Å². The summed E-state index contributed by atoms with van der Waals surface area (Å²) >= 11 is 11.9. The molecule has 0 saturated carbocycles. The molecule has 0 spiro atoms. The Hall–Kier alpha value is -2.29. The summed E-state index contributed by atoms with van der Waals surface area (Å²) in [6.45, 7) is 4.35. The van der Waals surface area contributed by atoms with Crippen molar-refractivity contribution in [1.29, 1.82) is 0 Å². The lowest BCUT2D eigenvalue weighted by atomic mass is 10.3. The van der Waals surface area contributed by atoms with Gasteiger partial charge < -0.3 is 9.64 Å². The van der Waals surface area contributed by atoms with Gasteiger partial charge >= 0.3 is 0 Å². The minimum Gasteiger partial charge on any atom is -0.378 e. The number of aromatic amines is 1. The SMILES string of the molecule is Cc1nc2nc(N3CCOCC3)[nH]c(=O)c2c(=S)n1-c1ccccc1Cl. The summed E-state index contributed by atoms with van der Waals surface area (Å²) in [5, 5.41) is 0.810. The lowest BCUT2D eigenvalue weighted by molar-refractivity contribution is 0.122. The van der Waals surface area contributed by atoms with E-state index in [1.165, 1.54) is 0 Å². The number of hydrogen-bond acceptors (Lipinski definition) is 6. The van der Waals surface area contributed by atoms with Gasteiger partial charge in [-0.3, -0.25) is 14.3 Å². The number of halogens is 1. The van der Waals surface area contributed by atoms with Crippen molar-refractivity contribution in [3.05, 3.63) is 50.1 Å². The van der Waals surface area contributed by atoms with Gasteiger partial charge in [-0.25, -0.2) is 4.98 Å². The van der Waals surface area contributed by atoms with E-state index < -0.39 is 0 Å². The Kier molecular flexibility index (Phi) is 4.47. The highest BCUT2D eigenvalue weighted by atomic mass is 35.5. The maximum atomic E-state index is 12.7. The van der Waals surface area contributed by atoms with Crippen LogP contribution < -0.4 is 10.5 Å². The first-order valence-corrected chi connectivity index (χ1v) is 8.96. The number of anilines is 1. The number of fused-ring (bicyclic) bond motifs is 1. The van der Waals surface area contributed by atoms with Crippen LogP contribution in [-0.2, 0) is 4.74 Å². The van der Waals surface area contributed by atoms with Crippen LogP contribution in [-0.4, -0.2) is 45.8 Å². The van der Waals surface area contributed by atoms with Crippen LogP contribution >= 0.6 is 23.8 Å². The van der Waals surface area contributed by atoms with Crippen molar-refractivity contribution in [2.24, 2.45) is 0 Å². The van der Waals surface area contributed by atoms with Crippen LogP contribution in [0, 0.1) is 11.6 Å². The standard InChI is InChI=1S/C17H16ClN5O2S/c1-10-19-14-13(16(26)23(10)12-5-3-2-4-11(12)18)15(24)21-17(20-14)22-6-8-25-9-7-22/h2-5H,6-9H2,1H3,(H,20,21,24). The van der Waals surface area contributed by atoms with Gasteiger partial charge in [-0.1, -0.05) is 36.0 Å². The summed E-state index contributed by atoms with van der Waals surface area (Å²) in [5.74, 6) is 1.10. The van der Waals surface area contributed by atoms with E-state index in [1.54, 1.807) is 10.6 Å². The molecule has 1 aromatic carbocycles. The number of nitrogens with zero attached hydrogens (tertiary/aromatic N) is 4. The van der Waals surface area contributed by atoms with Crippen molar-refractivity contribution in [2.75, 3.05) is 31.2 Å². The average Bonchev–Trinajstić information content (AvgIpc) is 2.63. The topological polar surface area (TPSA) is 76.0 Å². The Balaban J connectivity index is 1.94. The zero-order valence-corrected chi connectivity index (χ0v) is 15.6. The first-order valence-electron chi connectivity index (χ1n) is 8.17. The molecule has 7 nitrogen and oxygen atoms in total. The van der Waals surface area contributed by atoms with E-state index >= 15 is 0 Å². The molecule has 0 aliphatic carbocycles. The Morgan fingerprint density at radius 3 is 2.69 bits per heavy atom. The third-order valence-electron chi connectivity index (χ3n) is 4.30. The second kappa shape index (κ2) is 6.79. The molecular weight excluding hydrogens is 374 g/mol. The maximum Gasteiger partial charge on any atom is 0.264 e. The Morgan fingerprint density at radius 1 is 1.23 bits per heavy atom. The molecule has 0 unspecified atom stereocenters. The van der Waals surface area contributed by atoms with Gasteiger partial charge in [0.1, 0.15) is 15.9 Å². The molecule has 0 atom stereocenters. The van der Waals surface area contributed by atoms with Crippen molar-refractivity contribution in [3.8, 4) is 5.69 Å². The van der Waals surface area contributed by atoms with Crippen molar-refractivity contribution in [2.45, 2.75) is 6.92 Å². The number of ether oxygens (including phenoxy) is 1. The lowest BCUT2D eigenvalue weighted by Crippen LogP contribution is -2.38. The van der Waals surface area contributed by atoms with E-state index in [2.05, 4.69) is 15.0 Å². The maximum absolute atomic E-state index is 12.7. The van der Waals surface area contributed by atoms with Crippen molar-refractivity contribution in [1.82, 2.24) is 19.5 Å². The molecule has 2 aromatic heterocycles. The van der Waals surface area contributed by atoms with Crippen molar-refractivity contribution < 1.29 is 4.74 Å². The third-order valence-corrected chi connectivity index (χ3v) is 5.01. The smallest absolute Gasteiger partial charge is 0.264 e. The quantitative estimate of drug-likeness (QED) is 0.679. The predicted octanol–water partition coefficient (Wildman–Crippen LogP) is 2.64. The highest BCUT2D eigenvalue weighted by Crippen LogP contribution is 2.23. The zero-order chi connectivity index (χ0) is 18.3. The number of benzene rings is 1. The Labute approximate surface area is 159 Å². The summed E-state index contributed by atoms with van der Waals surface area (Å²) in [5.41, 5.74) is 0.707.